The fourth-order valence-electron chi connectivity index (χ4n) is 5.86. The fraction of sp³-hybridized carbons (Fsp3) is 0.400. The van der Waals surface area contributed by atoms with E-state index in [4.69, 9.17) is 4.74 Å². The van der Waals surface area contributed by atoms with Gasteiger partial charge in [-0.2, -0.15) is 13.2 Å². The molecule has 0 bridgehead atoms. The summed E-state index contributed by atoms with van der Waals surface area (Å²) >= 11 is 0. The zero-order valence-electron chi connectivity index (χ0n) is 23.1. The summed E-state index contributed by atoms with van der Waals surface area (Å²) in [4.78, 5) is 21.8. The van der Waals surface area contributed by atoms with Crippen LogP contribution in [0.3, 0.4) is 0 Å². The number of halogens is 6. The van der Waals surface area contributed by atoms with Crippen molar-refractivity contribution in [1.82, 2.24) is 15.2 Å². The highest BCUT2D eigenvalue weighted by atomic mass is 19.4. The molecule has 0 saturated carbocycles. The number of likely N-dealkylation sites (N-methyl/N-ethyl adjacent to an activating group) is 1. The molecule has 2 aliphatic rings. The number of piperidine rings is 1. The fourth-order valence-corrected chi connectivity index (χ4v) is 5.86. The SMILES string of the molecule is COc1ccc(F)cc1-c1ncc(C2(C(=O)N[C@H]3CCN(C)C3)CCN(c3ccc(C(F)(F)F)cc3F)CC2)cc1F. The molecule has 6 nitrogen and oxygen atoms in total. The van der Waals surface area contributed by atoms with Gasteiger partial charge in [0.05, 0.1) is 23.8 Å². The largest absolute Gasteiger partial charge is 0.496 e. The summed E-state index contributed by atoms with van der Waals surface area (Å²) in [5.41, 5.74) is -2.07. The van der Waals surface area contributed by atoms with Crippen LogP contribution in [-0.2, 0) is 16.4 Å². The lowest BCUT2D eigenvalue weighted by Crippen LogP contribution is -2.54. The van der Waals surface area contributed by atoms with Crippen LogP contribution in [0.25, 0.3) is 11.3 Å². The van der Waals surface area contributed by atoms with Crippen LogP contribution in [0.4, 0.5) is 32.0 Å². The van der Waals surface area contributed by atoms with E-state index in [1.807, 2.05) is 7.05 Å². The maximum absolute atomic E-state index is 15.6. The Morgan fingerprint density at radius 3 is 2.36 bits per heavy atom. The van der Waals surface area contributed by atoms with Crippen molar-refractivity contribution in [2.75, 3.05) is 45.2 Å². The van der Waals surface area contributed by atoms with Crippen LogP contribution in [0.1, 0.15) is 30.4 Å². The second-order valence-corrected chi connectivity index (χ2v) is 10.9. The molecule has 5 rings (SSSR count). The number of carbonyl (C=O) groups is 1. The van der Waals surface area contributed by atoms with Crippen LogP contribution >= 0.6 is 0 Å². The van der Waals surface area contributed by atoms with Gasteiger partial charge in [-0.1, -0.05) is 0 Å². The molecule has 0 spiro atoms. The topological polar surface area (TPSA) is 57.7 Å². The zero-order chi connectivity index (χ0) is 30.2. The van der Waals surface area contributed by atoms with E-state index in [1.165, 1.54) is 31.5 Å². The van der Waals surface area contributed by atoms with Crippen molar-refractivity contribution < 1.29 is 35.9 Å². The summed E-state index contributed by atoms with van der Waals surface area (Å²) < 4.78 is 88.8. The predicted octanol–water partition coefficient (Wildman–Crippen LogP) is 5.55. The van der Waals surface area contributed by atoms with Gasteiger partial charge in [0.1, 0.15) is 28.9 Å². The molecule has 2 aliphatic heterocycles. The minimum Gasteiger partial charge on any atom is -0.496 e. The molecule has 2 saturated heterocycles. The first-order valence-electron chi connectivity index (χ1n) is 13.5. The summed E-state index contributed by atoms with van der Waals surface area (Å²) in [7, 11) is 3.31. The van der Waals surface area contributed by atoms with Gasteiger partial charge in [-0.15, -0.1) is 0 Å². The van der Waals surface area contributed by atoms with Gasteiger partial charge in [0.25, 0.3) is 0 Å². The highest BCUT2D eigenvalue weighted by Gasteiger charge is 2.45. The van der Waals surface area contributed by atoms with Gasteiger partial charge < -0.3 is 19.9 Å². The van der Waals surface area contributed by atoms with Crippen LogP contribution < -0.4 is 15.0 Å². The number of hydrogen-bond acceptors (Lipinski definition) is 5. The molecule has 1 atom stereocenters. The van der Waals surface area contributed by atoms with E-state index in [-0.39, 0.29) is 60.6 Å². The van der Waals surface area contributed by atoms with E-state index < -0.39 is 34.6 Å². The standard InChI is InChI=1S/C30H30F6N4O2/c1-39-10-7-21(17-39)38-28(41)29(8-11-40(12-9-29)25-5-3-18(13-23(25)32)30(34,35)36)19-14-24(33)27(37-16-19)22-15-20(31)4-6-26(22)42-2/h3-6,13-16,21H,7-12,17H2,1-2H3,(H,38,41)/t21-/m0/s1. The Balaban J connectivity index is 1.47. The van der Waals surface area contributed by atoms with Gasteiger partial charge in [-0.05, 0) is 80.9 Å². The number of rotatable bonds is 6. The summed E-state index contributed by atoms with van der Waals surface area (Å²) in [6.07, 6.45) is -2.29. The molecule has 1 amide bonds. The number of methoxy groups -OCH3 is 1. The number of anilines is 1. The number of pyridine rings is 1. The number of nitrogens with one attached hydrogen (secondary N) is 1. The molecule has 1 aromatic heterocycles. The number of benzene rings is 2. The molecule has 42 heavy (non-hydrogen) atoms. The molecular weight excluding hydrogens is 562 g/mol. The normalized spacial score (nSPS) is 19.1. The first-order valence-corrected chi connectivity index (χ1v) is 13.5. The quantitative estimate of drug-likeness (QED) is 0.381. The molecule has 1 N–H and O–H groups in total. The third kappa shape index (κ3) is 5.77. The Morgan fingerprint density at radius 1 is 1.02 bits per heavy atom. The van der Waals surface area contributed by atoms with Crippen molar-refractivity contribution in [2.24, 2.45) is 0 Å². The Hall–Kier alpha value is -3.80. The molecule has 3 heterocycles. The van der Waals surface area contributed by atoms with Gasteiger partial charge in [0.15, 0.2) is 0 Å². The van der Waals surface area contributed by atoms with Crippen LogP contribution in [0.2, 0.25) is 0 Å². The monoisotopic (exact) mass is 592 g/mol. The molecule has 0 radical (unpaired) electrons. The maximum atomic E-state index is 15.6. The van der Waals surface area contributed by atoms with Crippen LogP contribution in [-0.4, -0.2) is 62.2 Å². The number of carbonyl (C=O) groups excluding carboxylic acids is 1. The average molecular weight is 593 g/mol. The van der Waals surface area contributed by atoms with E-state index in [2.05, 4.69) is 15.2 Å². The zero-order valence-corrected chi connectivity index (χ0v) is 23.1. The van der Waals surface area contributed by atoms with Crippen molar-refractivity contribution >= 4 is 11.6 Å². The molecule has 224 valence electrons. The Morgan fingerprint density at radius 2 is 1.76 bits per heavy atom. The third-order valence-corrected chi connectivity index (χ3v) is 8.20. The number of likely N-dealkylation sites (tertiary alicyclic amines) is 1. The number of ether oxygens (including phenoxy) is 1. The number of alkyl halides is 3. The number of amides is 1. The molecular formula is C30H30F6N4O2. The molecule has 0 aliphatic carbocycles. The van der Waals surface area contributed by atoms with Gasteiger partial charge in [0, 0.05) is 37.4 Å². The maximum Gasteiger partial charge on any atom is 0.416 e. The van der Waals surface area contributed by atoms with E-state index in [1.54, 1.807) is 4.90 Å². The molecule has 12 heteroatoms. The smallest absolute Gasteiger partial charge is 0.416 e. The van der Waals surface area contributed by atoms with Crippen molar-refractivity contribution in [3.63, 3.8) is 0 Å². The Kier molecular flexibility index (Phi) is 8.10. The Labute approximate surface area is 239 Å². The highest BCUT2D eigenvalue weighted by molar-refractivity contribution is 5.89. The van der Waals surface area contributed by atoms with Gasteiger partial charge in [0.2, 0.25) is 5.91 Å². The minimum absolute atomic E-state index is 0.00715. The van der Waals surface area contributed by atoms with Crippen LogP contribution in [0.5, 0.6) is 5.75 Å². The van der Waals surface area contributed by atoms with E-state index in [0.29, 0.717) is 18.2 Å². The summed E-state index contributed by atoms with van der Waals surface area (Å²) in [5, 5.41) is 3.08. The minimum atomic E-state index is -4.68. The Bertz CT molecular complexity index is 1470. The third-order valence-electron chi connectivity index (χ3n) is 8.20. The van der Waals surface area contributed by atoms with Gasteiger partial charge >= 0.3 is 6.18 Å². The van der Waals surface area contributed by atoms with Gasteiger partial charge in [-0.3, -0.25) is 9.78 Å². The lowest BCUT2D eigenvalue weighted by atomic mass is 9.72. The number of nitrogens with zero attached hydrogens (tertiary/aromatic N) is 3. The van der Waals surface area contributed by atoms with Crippen LogP contribution in [0.15, 0.2) is 48.7 Å². The molecule has 2 aromatic carbocycles. The summed E-state index contributed by atoms with van der Waals surface area (Å²) in [6, 6.07) is 7.12. The number of aromatic nitrogens is 1. The summed E-state index contributed by atoms with van der Waals surface area (Å²) in [6.45, 7) is 1.71. The molecule has 0 unspecified atom stereocenters. The second kappa shape index (κ2) is 11.5. The first kappa shape index (κ1) is 29.7. The van der Waals surface area contributed by atoms with Gasteiger partial charge in [-0.25, -0.2) is 13.2 Å². The molecule has 2 fully saturated rings. The number of hydrogen-bond donors (Lipinski definition) is 1. The van der Waals surface area contributed by atoms with Crippen LogP contribution in [0, 0.1) is 17.5 Å². The highest BCUT2D eigenvalue weighted by Crippen LogP contribution is 2.41. The first-order chi connectivity index (χ1) is 19.9. The van der Waals surface area contributed by atoms with Crippen molar-refractivity contribution in [2.45, 2.75) is 36.9 Å². The summed E-state index contributed by atoms with van der Waals surface area (Å²) in [5.74, 6) is -2.50. The average Bonchev–Trinajstić information content (AvgIpc) is 3.36. The van der Waals surface area contributed by atoms with E-state index in [9.17, 15) is 26.7 Å². The van der Waals surface area contributed by atoms with E-state index >= 15 is 4.39 Å². The lowest BCUT2D eigenvalue weighted by Gasteiger charge is -2.42. The lowest BCUT2D eigenvalue weighted by molar-refractivity contribution is -0.137. The van der Waals surface area contributed by atoms with Crippen molar-refractivity contribution in [1.29, 1.82) is 0 Å². The predicted molar refractivity (Wildman–Crippen MR) is 145 cm³/mol. The van der Waals surface area contributed by atoms with Crippen molar-refractivity contribution in [3.05, 3.63) is 77.2 Å². The second-order valence-electron chi connectivity index (χ2n) is 10.9. The van der Waals surface area contributed by atoms with Crippen molar-refractivity contribution in [3.8, 4) is 17.0 Å². The van der Waals surface area contributed by atoms with E-state index in [0.717, 1.165) is 31.2 Å². The molecule has 3 aromatic rings.